The van der Waals surface area contributed by atoms with E-state index in [4.69, 9.17) is 17.2 Å². The number of imidazole rings is 2. The standard InChI is InChI=1S/C20H15FN6S/c21-14-3-1-13(2-4-14)18-19(16-7-8-23-20(28)24-16)27-15(5-6-17(27)25-18)11-26-10-9-22-12-26/h1-4,7-12H,5-6H2,(H,23,24,28)/b15-11+. The molecule has 1 N–H and O–H groups in total. The van der Waals surface area contributed by atoms with Crippen molar-refractivity contribution in [2.24, 2.45) is 0 Å². The van der Waals surface area contributed by atoms with Crippen molar-refractivity contribution >= 4 is 24.1 Å². The molecule has 0 saturated carbocycles. The van der Waals surface area contributed by atoms with E-state index in [1.165, 1.54) is 12.1 Å². The first kappa shape index (κ1) is 16.8. The molecule has 0 atom stereocenters. The highest BCUT2D eigenvalue weighted by molar-refractivity contribution is 7.71. The van der Waals surface area contributed by atoms with Crippen molar-refractivity contribution in [2.45, 2.75) is 12.8 Å². The maximum absolute atomic E-state index is 13.4. The zero-order valence-electron chi connectivity index (χ0n) is 14.7. The summed E-state index contributed by atoms with van der Waals surface area (Å²) in [6, 6.07) is 8.25. The van der Waals surface area contributed by atoms with Crippen LogP contribution in [0.1, 0.15) is 12.2 Å². The lowest BCUT2D eigenvalue weighted by Gasteiger charge is -2.11. The van der Waals surface area contributed by atoms with Gasteiger partial charge in [0, 0.05) is 42.5 Å². The molecule has 6 nitrogen and oxygen atoms in total. The number of aryl methyl sites for hydroxylation is 1. The molecule has 4 aromatic rings. The van der Waals surface area contributed by atoms with Crippen LogP contribution in [0, 0.1) is 10.6 Å². The van der Waals surface area contributed by atoms with Gasteiger partial charge in [0.15, 0.2) is 4.77 Å². The second-order valence-corrected chi connectivity index (χ2v) is 6.87. The molecule has 28 heavy (non-hydrogen) atoms. The van der Waals surface area contributed by atoms with E-state index in [0.717, 1.165) is 47.0 Å². The lowest BCUT2D eigenvalue weighted by molar-refractivity contribution is 0.628. The van der Waals surface area contributed by atoms with Gasteiger partial charge in [0.2, 0.25) is 0 Å². The van der Waals surface area contributed by atoms with Crippen LogP contribution < -0.4 is 0 Å². The molecule has 1 aromatic carbocycles. The highest BCUT2D eigenvalue weighted by Crippen LogP contribution is 2.38. The van der Waals surface area contributed by atoms with Gasteiger partial charge < -0.3 is 9.55 Å². The monoisotopic (exact) mass is 390 g/mol. The van der Waals surface area contributed by atoms with Crippen molar-refractivity contribution in [1.29, 1.82) is 0 Å². The molecule has 1 aliphatic rings. The number of halogens is 1. The van der Waals surface area contributed by atoms with Crippen LogP contribution in [0.2, 0.25) is 0 Å². The lowest BCUT2D eigenvalue weighted by atomic mass is 10.1. The van der Waals surface area contributed by atoms with Crippen LogP contribution in [-0.2, 0) is 6.42 Å². The Hall–Kier alpha value is -3.39. The van der Waals surface area contributed by atoms with Gasteiger partial charge in [-0.15, -0.1) is 0 Å². The third kappa shape index (κ3) is 2.87. The Morgan fingerprint density at radius 3 is 2.71 bits per heavy atom. The molecular formula is C20H15FN6S. The Bertz CT molecular complexity index is 1230. The highest BCUT2D eigenvalue weighted by Gasteiger charge is 2.27. The van der Waals surface area contributed by atoms with Gasteiger partial charge in [0.05, 0.1) is 23.4 Å². The molecular weight excluding hydrogens is 375 g/mol. The number of hydrogen-bond donors (Lipinski definition) is 1. The molecule has 5 rings (SSSR count). The third-order valence-corrected chi connectivity index (χ3v) is 4.92. The van der Waals surface area contributed by atoms with E-state index in [-0.39, 0.29) is 5.82 Å². The average Bonchev–Trinajstić information content (AvgIpc) is 3.41. The van der Waals surface area contributed by atoms with E-state index < -0.39 is 0 Å². The molecule has 0 aliphatic carbocycles. The van der Waals surface area contributed by atoms with Crippen LogP contribution in [0.4, 0.5) is 4.39 Å². The third-order valence-electron chi connectivity index (χ3n) is 4.71. The van der Waals surface area contributed by atoms with Crippen LogP contribution in [0.5, 0.6) is 0 Å². The maximum atomic E-state index is 13.4. The maximum Gasteiger partial charge on any atom is 0.197 e. The Balaban J connectivity index is 1.76. The molecule has 0 saturated heterocycles. The van der Waals surface area contributed by atoms with Crippen LogP contribution in [0.25, 0.3) is 34.5 Å². The number of hydrogen-bond acceptors (Lipinski definition) is 4. The molecule has 0 spiro atoms. The van der Waals surface area contributed by atoms with E-state index in [9.17, 15) is 4.39 Å². The molecule has 0 unspecified atom stereocenters. The van der Waals surface area contributed by atoms with Gasteiger partial charge in [0.25, 0.3) is 0 Å². The minimum Gasteiger partial charge on any atom is -0.329 e. The summed E-state index contributed by atoms with van der Waals surface area (Å²) in [5.41, 5.74) is 4.43. The van der Waals surface area contributed by atoms with Gasteiger partial charge in [-0.25, -0.2) is 19.3 Å². The molecule has 138 valence electrons. The Labute approximate surface area is 165 Å². The van der Waals surface area contributed by atoms with Gasteiger partial charge in [0.1, 0.15) is 11.6 Å². The first-order valence-corrected chi connectivity index (χ1v) is 9.21. The number of H-pyrrole nitrogens is 1. The highest BCUT2D eigenvalue weighted by atomic mass is 32.1. The summed E-state index contributed by atoms with van der Waals surface area (Å²) in [5.74, 6) is 0.679. The predicted molar refractivity (Wildman–Crippen MR) is 107 cm³/mol. The summed E-state index contributed by atoms with van der Waals surface area (Å²) < 4.78 is 17.9. The minimum absolute atomic E-state index is 0.277. The van der Waals surface area contributed by atoms with E-state index in [1.807, 2.05) is 23.0 Å². The number of aromatic nitrogens is 6. The summed E-state index contributed by atoms with van der Waals surface area (Å²) >= 11 is 5.23. The van der Waals surface area contributed by atoms with Crippen LogP contribution in [0.15, 0.2) is 55.2 Å². The molecule has 0 bridgehead atoms. The Kier molecular flexibility index (Phi) is 3.98. The van der Waals surface area contributed by atoms with Crippen molar-refractivity contribution in [3.8, 4) is 22.6 Å². The van der Waals surface area contributed by atoms with Crippen molar-refractivity contribution in [3.05, 3.63) is 71.7 Å². The number of rotatable bonds is 3. The topological polar surface area (TPSA) is 64.3 Å². The molecule has 3 aromatic heterocycles. The average molecular weight is 390 g/mol. The zero-order chi connectivity index (χ0) is 19.1. The van der Waals surface area contributed by atoms with Gasteiger partial charge in [-0.2, -0.15) is 0 Å². The second kappa shape index (κ2) is 6.65. The van der Waals surface area contributed by atoms with Crippen molar-refractivity contribution in [1.82, 2.24) is 29.1 Å². The van der Waals surface area contributed by atoms with Gasteiger partial charge in [-0.05, 0) is 49.0 Å². The molecule has 1 aliphatic heterocycles. The van der Waals surface area contributed by atoms with E-state index in [2.05, 4.69) is 19.5 Å². The molecule has 0 radical (unpaired) electrons. The fraction of sp³-hybridized carbons (Fsp3) is 0.100. The smallest absolute Gasteiger partial charge is 0.197 e. The quantitative estimate of drug-likeness (QED) is 0.527. The van der Waals surface area contributed by atoms with Crippen LogP contribution in [0.3, 0.4) is 0 Å². The number of fused-ring (bicyclic) bond motifs is 1. The van der Waals surface area contributed by atoms with Crippen molar-refractivity contribution < 1.29 is 4.39 Å². The van der Waals surface area contributed by atoms with E-state index >= 15 is 0 Å². The van der Waals surface area contributed by atoms with E-state index in [0.29, 0.717) is 4.77 Å². The summed E-state index contributed by atoms with van der Waals surface area (Å²) in [6.45, 7) is 0. The largest absolute Gasteiger partial charge is 0.329 e. The second-order valence-electron chi connectivity index (χ2n) is 6.49. The molecule has 0 fully saturated rings. The first-order chi connectivity index (χ1) is 13.7. The minimum atomic E-state index is -0.277. The fourth-order valence-corrected chi connectivity index (χ4v) is 3.67. The summed E-state index contributed by atoms with van der Waals surface area (Å²) in [6.07, 6.45) is 10.8. The number of nitrogens with one attached hydrogen (secondary N) is 1. The fourth-order valence-electron chi connectivity index (χ4n) is 3.50. The van der Waals surface area contributed by atoms with E-state index in [1.54, 1.807) is 30.9 Å². The first-order valence-electron chi connectivity index (χ1n) is 8.81. The normalized spacial score (nSPS) is 14.5. The summed E-state index contributed by atoms with van der Waals surface area (Å²) in [7, 11) is 0. The number of allylic oxidation sites excluding steroid dienone is 1. The zero-order valence-corrected chi connectivity index (χ0v) is 15.5. The van der Waals surface area contributed by atoms with Crippen LogP contribution in [-0.4, -0.2) is 29.1 Å². The number of aromatic amines is 1. The summed E-state index contributed by atoms with van der Waals surface area (Å²) in [4.78, 5) is 16.2. The predicted octanol–water partition coefficient (Wildman–Crippen LogP) is 4.41. The van der Waals surface area contributed by atoms with Gasteiger partial charge in [-0.3, -0.25) is 4.57 Å². The SMILES string of the molecule is Fc1ccc(-c2nc3n(c2-c2ccnc(=S)[nH]2)/C(=C/n2ccnc2)CC3)cc1. The Morgan fingerprint density at radius 2 is 1.96 bits per heavy atom. The van der Waals surface area contributed by atoms with Crippen molar-refractivity contribution in [2.75, 3.05) is 0 Å². The molecule has 0 amide bonds. The summed E-state index contributed by atoms with van der Waals surface area (Å²) in [5, 5.41) is 0. The number of nitrogens with zero attached hydrogens (tertiary/aromatic N) is 5. The lowest BCUT2D eigenvalue weighted by Crippen LogP contribution is -1.99. The van der Waals surface area contributed by atoms with Crippen molar-refractivity contribution in [3.63, 3.8) is 0 Å². The van der Waals surface area contributed by atoms with Gasteiger partial charge >= 0.3 is 0 Å². The molecule has 4 heterocycles. The van der Waals surface area contributed by atoms with Crippen LogP contribution >= 0.6 is 12.2 Å². The number of benzene rings is 1. The Morgan fingerprint density at radius 1 is 1.11 bits per heavy atom. The molecule has 8 heteroatoms. The van der Waals surface area contributed by atoms with Gasteiger partial charge in [-0.1, -0.05) is 0 Å².